The number of benzene rings is 2. The zero-order valence-corrected chi connectivity index (χ0v) is 19.7. The SMILES string of the molecule is CCOc1cc(/C=C2/SC(=O)N(CCOC)C2=O)cc(I)c1OCc1ccccc1. The van der Waals surface area contributed by atoms with Crippen molar-refractivity contribution in [3.8, 4) is 11.5 Å². The third kappa shape index (κ3) is 5.55. The summed E-state index contributed by atoms with van der Waals surface area (Å²) in [5.41, 5.74) is 1.83. The summed E-state index contributed by atoms with van der Waals surface area (Å²) >= 11 is 3.12. The molecular weight excluding hydrogens is 517 g/mol. The van der Waals surface area contributed by atoms with Gasteiger partial charge < -0.3 is 14.2 Å². The molecule has 158 valence electrons. The fraction of sp³-hybridized carbons (Fsp3) is 0.273. The first-order valence-electron chi connectivity index (χ1n) is 9.40. The predicted molar refractivity (Wildman–Crippen MR) is 126 cm³/mol. The number of imide groups is 1. The summed E-state index contributed by atoms with van der Waals surface area (Å²) in [5.74, 6) is 0.955. The second kappa shape index (κ2) is 10.8. The molecule has 0 saturated carbocycles. The Morgan fingerprint density at radius 2 is 1.90 bits per heavy atom. The minimum absolute atomic E-state index is 0.243. The Hall–Kier alpha value is -2.04. The summed E-state index contributed by atoms with van der Waals surface area (Å²) in [6.07, 6.45) is 1.71. The molecule has 1 aliphatic heterocycles. The number of halogens is 1. The zero-order chi connectivity index (χ0) is 21.5. The smallest absolute Gasteiger partial charge is 0.293 e. The Balaban J connectivity index is 1.83. The molecule has 8 heteroatoms. The van der Waals surface area contributed by atoms with Crippen LogP contribution in [0, 0.1) is 3.57 Å². The van der Waals surface area contributed by atoms with Crippen molar-refractivity contribution < 1.29 is 23.8 Å². The number of hydrogen-bond acceptors (Lipinski definition) is 6. The molecule has 30 heavy (non-hydrogen) atoms. The molecule has 0 N–H and O–H groups in total. The van der Waals surface area contributed by atoms with Gasteiger partial charge in [-0.2, -0.15) is 0 Å². The van der Waals surface area contributed by atoms with Crippen LogP contribution in [0.3, 0.4) is 0 Å². The molecule has 1 heterocycles. The lowest BCUT2D eigenvalue weighted by atomic mass is 10.1. The Labute approximate surface area is 193 Å². The van der Waals surface area contributed by atoms with Crippen molar-refractivity contribution >= 4 is 51.6 Å². The number of thioether (sulfide) groups is 1. The van der Waals surface area contributed by atoms with E-state index in [1.165, 1.54) is 12.0 Å². The van der Waals surface area contributed by atoms with Crippen LogP contribution in [-0.2, 0) is 16.1 Å². The van der Waals surface area contributed by atoms with Crippen molar-refractivity contribution in [3.63, 3.8) is 0 Å². The van der Waals surface area contributed by atoms with Crippen molar-refractivity contribution in [1.82, 2.24) is 4.90 Å². The number of carbonyl (C=O) groups excluding carboxylic acids is 2. The third-order valence-corrected chi connectivity index (χ3v) is 5.96. The average Bonchev–Trinajstić information content (AvgIpc) is 2.99. The molecule has 0 aliphatic carbocycles. The summed E-state index contributed by atoms with van der Waals surface area (Å²) in [6.45, 7) is 3.36. The van der Waals surface area contributed by atoms with E-state index in [0.29, 0.717) is 36.2 Å². The van der Waals surface area contributed by atoms with Crippen molar-refractivity contribution in [1.29, 1.82) is 0 Å². The van der Waals surface area contributed by atoms with Crippen LogP contribution in [0.1, 0.15) is 18.1 Å². The van der Waals surface area contributed by atoms with Gasteiger partial charge in [-0.05, 0) is 70.6 Å². The van der Waals surface area contributed by atoms with Gasteiger partial charge in [0.2, 0.25) is 0 Å². The van der Waals surface area contributed by atoms with Crippen LogP contribution in [0.5, 0.6) is 11.5 Å². The van der Waals surface area contributed by atoms with E-state index in [1.807, 2.05) is 49.4 Å². The van der Waals surface area contributed by atoms with Gasteiger partial charge in [-0.3, -0.25) is 14.5 Å². The molecule has 6 nitrogen and oxygen atoms in total. The van der Waals surface area contributed by atoms with Crippen LogP contribution in [0.4, 0.5) is 4.79 Å². The maximum absolute atomic E-state index is 12.6. The van der Waals surface area contributed by atoms with E-state index in [2.05, 4.69) is 22.6 Å². The second-order valence-corrected chi connectivity index (χ2v) is 8.52. The lowest BCUT2D eigenvalue weighted by Crippen LogP contribution is -2.31. The van der Waals surface area contributed by atoms with E-state index in [1.54, 1.807) is 6.08 Å². The molecule has 1 saturated heterocycles. The van der Waals surface area contributed by atoms with Crippen LogP contribution in [0.15, 0.2) is 47.4 Å². The van der Waals surface area contributed by atoms with Gasteiger partial charge in [0, 0.05) is 7.11 Å². The molecule has 2 amide bonds. The minimum atomic E-state index is -0.306. The molecule has 1 fully saturated rings. The molecule has 1 aliphatic rings. The van der Waals surface area contributed by atoms with E-state index in [-0.39, 0.29) is 17.7 Å². The van der Waals surface area contributed by atoms with Crippen LogP contribution in [0.2, 0.25) is 0 Å². The Bertz CT molecular complexity index is 948. The number of amides is 2. The largest absolute Gasteiger partial charge is 0.490 e. The first-order chi connectivity index (χ1) is 14.5. The number of methoxy groups -OCH3 is 1. The quantitative estimate of drug-likeness (QED) is 0.332. The van der Waals surface area contributed by atoms with Gasteiger partial charge in [-0.15, -0.1) is 0 Å². The second-order valence-electron chi connectivity index (χ2n) is 6.36. The van der Waals surface area contributed by atoms with Crippen LogP contribution in [-0.4, -0.2) is 42.9 Å². The fourth-order valence-electron chi connectivity index (χ4n) is 2.83. The maximum Gasteiger partial charge on any atom is 0.293 e. The molecule has 3 rings (SSSR count). The highest BCUT2D eigenvalue weighted by Crippen LogP contribution is 2.37. The van der Waals surface area contributed by atoms with Crippen molar-refractivity contribution in [2.45, 2.75) is 13.5 Å². The molecule has 0 unspecified atom stereocenters. The van der Waals surface area contributed by atoms with Gasteiger partial charge in [0.1, 0.15) is 6.61 Å². The Kier molecular flexibility index (Phi) is 8.17. The average molecular weight is 539 g/mol. The lowest BCUT2D eigenvalue weighted by Gasteiger charge is -2.15. The number of hydrogen-bond donors (Lipinski definition) is 0. The van der Waals surface area contributed by atoms with Gasteiger partial charge >= 0.3 is 0 Å². The normalized spacial score (nSPS) is 15.2. The predicted octanol–water partition coefficient (Wildman–Crippen LogP) is 4.95. The molecule has 0 bridgehead atoms. The summed E-state index contributed by atoms with van der Waals surface area (Å²) < 4.78 is 17.7. The van der Waals surface area contributed by atoms with E-state index < -0.39 is 0 Å². The van der Waals surface area contributed by atoms with Gasteiger partial charge in [-0.25, -0.2) is 0 Å². The van der Waals surface area contributed by atoms with Crippen molar-refractivity contribution in [3.05, 3.63) is 62.1 Å². The van der Waals surface area contributed by atoms with Crippen LogP contribution in [0.25, 0.3) is 6.08 Å². The standard InChI is InChI=1S/C22H22INO5S/c1-3-28-18-12-16(13-19-21(25)24(9-10-27-2)22(26)30-19)11-17(23)20(18)29-14-15-7-5-4-6-8-15/h4-8,11-13H,3,9-10,14H2,1-2H3/b19-13+. The van der Waals surface area contributed by atoms with Crippen molar-refractivity contribution in [2.24, 2.45) is 0 Å². The van der Waals surface area contributed by atoms with Gasteiger partial charge in [0.15, 0.2) is 11.5 Å². The van der Waals surface area contributed by atoms with Crippen LogP contribution < -0.4 is 9.47 Å². The maximum atomic E-state index is 12.6. The zero-order valence-electron chi connectivity index (χ0n) is 16.7. The fourth-order valence-corrected chi connectivity index (χ4v) is 4.48. The van der Waals surface area contributed by atoms with E-state index in [9.17, 15) is 9.59 Å². The Morgan fingerprint density at radius 3 is 2.60 bits per heavy atom. The Morgan fingerprint density at radius 1 is 1.13 bits per heavy atom. The molecule has 2 aromatic rings. The molecule has 2 aromatic carbocycles. The van der Waals surface area contributed by atoms with E-state index in [4.69, 9.17) is 14.2 Å². The van der Waals surface area contributed by atoms with Crippen LogP contribution >= 0.6 is 34.4 Å². The van der Waals surface area contributed by atoms with Crippen molar-refractivity contribution in [2.75, 3.05) is 26.9 Å². The summed E-state index contributed by atoms with van der Waals surface area (Å²) in [4.78, 5) is 26.3. The molecular formula is C22H22INO5S. The van der Waals surface area contributed by atoms with Gasteiger partial charge in [0.25, 0.3) is 11.1 Å². The number of nitrogens with zero attached hydrogens (tertiary/aromatic N) is 1. The topological polar surface area (TPSA) is 65.1 Å². The lowest BCUT2D eigenvalue weighted by molar-refractivity contribution is -0.123. The highest BCUT2D eigenvalue weighted by molar-refractivity contribution is 14.1. The molecule has 0 spiro atoms. The van der Waals surface area contributed by atoms with E-state index in [0.717, 1.165) is 26.5 Å². The van der Waals surface area contributed by atoms with Gasteiger partial charge in [-0.1, -0.05) is 30.3 Å². The van der Waals surface area contributed by atoms with E-state index >= 15 is 0 Å². The highest BCUT2D eigenvalue weighted by Gasteiger charge is 2.34. The summed E-state index contributed by atoms with van der Waals surface area (Å²) in [7, 11) is 1.54. The molecule has 0 atom stereocenters. The minimum Gasteiger partial charge on any atom is -0.490 e. The summed E-state index contributed by atoms with van der Waals surface area (Å²) in [6, 6.07) is 13.6. The first kappa shape index (κ1) is 22.6. The molecule has 0 aromatic heterocycles. The number of rotatable bonds is 9. The van der Waals surface area contributed by atoms with Gasteiger partial charge in [0.05, 0.1) is 28.2 Å². The summed E-state index contributed by atoms with van der Waals surface area (Å²) in [5, 5.41) is -0.286. The first-order valence-corrected chi connectivity index (χ1v) is 11.3. The molecule has 0 radical (unpaired) electrons. The monoisotopic (exact) mass is 539 g/mol. The number of carbonyl (C=O) groups is 2. The number of ether oxygens (including phenoxy) is 3. The highest BCUT2D eigenvalue weighted by atomic mass is 127. The third-order valence-electron chi connectivity index (χ3n) is 4.25.